The Morgan fingerprint density at radius 1 is 1.13 bits per heavy atom. The van der Waals surface area contributed by atoms with Gasteiger partial charge in [-0.15, -0.1) is 13.2 Å². The summed E-state index contributed by atoms with van der Waals surface area (Å²) in [6.07, 6.45) is 1.07. The predicted molar refractivity (Wildman–Crippen MR) is 105 cm³/mol. The minimum absolute atomic E-state index is 0.103. The van der Waals surface area contributed by atoms with Gasteiger partial charge in [0.1, 0.15) is 11.8 Å². The van der Waals surface area contributed by atoms with Gasteiger partial charge >= 0.3 is 6.36 Å². The maximum absolute atomic E-state index is 12.8. The molecule has 0 bridgehead atoms. The summed E-state index contributed by atoms with van der Waals surface area (Å²) in [5.41, 5.74) is 0.223. The molecule has 7 nitrogen and oxygen atoms in total. The lowest BCUT2D eigenvalue weighted by Gasteiger charge is -2.27. The molecule has 1 atom stereocenters. The van der Waals surface area contributed by atoms with E-state index >= 15 is 0 Å². The van der Waals surface area contributed by atoms with Crippen LogP contribution in [0.25, 0.3) is 0 Å². The van der Waals surface area contributed by atoms with E-state index in [4.69, 9.17) is 0 Å². The standard InChI is InChI=1S/C19H26F3N3O4S/c1-24(14-7-4-2-3-5-8-14)30(27,28)23-17-11-12-25(18(17)26)15-9-6-10-16(13-15)29-19(20,21)22/h6,9-10,13-14,17,23H,2-5,7-8,11-12H2,1H3. The Hall–Kier alpha value is -1.85. The van der Waals surface area contributed by atoms with Crippen molar-refractivity contribution in [3.05, 3.63) is 24.3 Å². The molecule has 3 rings (SSSR count). The molecule has 1 heterocycles. The smallest absolute Gasteiger partial charge is 0.406 e. The molecule has 1 aromatic rings. The average molecular weight is 449 g/mol. The number of ether oxygens (including phenoxy) is 1. The fraction of sp³-hybridized carbons (Fsp3) is 0.632. The lowest BCUT2D eigenvalue weighted by atomic mass is 10.1. The van der Waals surface area contributed by atoms with E-state index in [0.29, 0.717) is 0 Å². The van der Waals surface area contributed by atoms with Gasteiger partial charge in [-0.05, 0) is 31.4 Å². The molecule has 1 saturated heterocycles. The second-order valence-corrected chi connectivity index (χ2v) is 9.42. The molecule has 1 aliphatic heterocycles. The Balaban J connectivity index is 1.67. The third kappa shape index (κ3) is 5.64. The van der Waals surface area contributed by atoms with Gasteiger partial charge in [0.25, 0.3) is 10.2 Å². The minimum atomic E-state index is -4.84. The zero-order chi connectivity index (χ0) is 21.9. The van der Waals surface area contributed by atoms with E-state index in [9.17, 15) is 26.4 Å². The topological polar surface area (TPSA) is 79.0 Å². The van der Waals surface area contributed by atoms with Crippen LogP contribution in [0, 0.1) is 0 Å². The largest absolute Gasteiger partial charge is 0.573 e. The van der Waals surface area contributed by atoms with Gasteiger partial charge in [0.2, 0.25) is 5.91 Å². The molecule has 1 N–H and O–H groups in total. The SMILES string of the molecule is CN(C1CCCCCC1)S(=O)(=O)NC1CCN(c2cccc(OC(F)(F)F)c2)C1=O. The summed E-state index contributed by atoms with van der Waals surface area (Å²) >= 11 is 0. The molecule has 11 heteroatoms. The summed E-state index contributed by atoms with van der Waals surface area (Å²) in [5, 5.41) is 0. The predicted octanol–water partition coefficient (Wildman–Crippen LogP) is 3.18. The third-order valence-corrected chi connectivity index (χ3v) is 7.22. The van der Waals surface area contributed by atoms with Crippen molar-refractivity contribution in [2.24, 2.45) is 0 Å². The molecule has 2 fully saturated rings. The number of nitrogens with one attached hydrogen (secondary N) is 1. The van der Waals surface area contributed by atoms with E-state index in [2.05, 4.69) is 9.46 Å². The van der Waals surface area contributed by atoms with Crippen LogP contribution in [0.15, 0.2) is 24.3 Å². The van der Waals surface area contributed by atoms with E-state index < -0.39 is 34.3 Å². The normalized spacial score (nSPS) is 21.8. The maximum atomic E-state index is 12.8. The van der Waals surface area contributed by atoms with Crippen LogP contribution < -0.4 is 14.4 Å². The van der Waals surface area contributed by atoms with Crippen molar-refractivity contribution >= 4 is 21.8 Å². The Bertz CT molecular complexity index is 855. The van der Waals surface area contributed by atoms with Gasteiger partial charge in [-0.25, -0.2) is 0 Å². The molecule has 168 valence electrons. The van der Waals surface area contributed by atoms with Crippen LogP contribution in [0.1, 0.15) is 44.9 Å². The van der Waals surface area contributed by atoms with Crippen LogP contribution in [-0.4, -0.2) is 50.7 Å². The number of benzene rings is 1. The number of nitrogens with zero attached hydrogens (tertiary/aromatic N) is 2. The summed E-state index contributed by atoms with van der Waals surface area (Å²) in [5.74, 6) is -0.943. The van der Waals surface area contributed by atoms with Crippen molar-refractivity contribution in [2.75, 3.05) is 18.5 Å². The van der Waals surface area contributed by atoms with Gasteiger partial charge in [-0.1, -0.05) is 31.7 Å². The van der Waals surface area contributed by atoms with Crippen molar-refractivity contribution in [1.29, 1.82) is 0 Å². The summed E-state index contributed by atoms with van der Waals surface area (Å²) in [4.78, 5) is 14.0. The van der Waals surface area contributed by atoms with E-state index in [0.717, 1.165) is 50.7 Å². The van der Waals surface area contributed by atoms with Gasteiger partial charge in [0, 0.05) is 31.4 Å². The highest BCUT2D eigenvalue weighted by Crippen LogP contribution is 2.29. The zero-order valence-electron chi connectivity index (χ0n) is 16.7. The first kappa shape index (κ1) is 22.8. The van der Waals surface area contributed by atoms with Gasteiger partial charge < -0.3 is 9.64 Å². The molecular weight excluding hydrogens is 423 g/mol. The summed E-state index contributed by atoms with van der Waals surface area (Å²) in [7, 11) is -2.35. The number of anilines is 1. The molecule has 1 aliphatic carbocycles. The molecule has 2 aliphatic rings. The highest BCUT2D eigenvalue weighted by Gasteiger charge is 2.38. The molecule has 1 amide bonds. The van der Waals surface area contributed by atoms with Crippen molar-refractivity contribution in [1.82, 2.24) is 9.03 Å². The first-order valence-electron chi connectivity index (χ1n) is 9.99. The van der Waals surface area contributed by atoms with E-state index in [1.54, 1.807) is 0 Å². The lowest BCUT2D eigenvalue weighted by molar-refractivity contribution is -0.274. The van der Waals surface area contributed by atoms with Crippen LogP contribution >= 0.6 is 0 Å². The quantitative estimate of drug-likeness (QED) is 0.677. The molecule has 0 aromatic heterocycles. The fourth-order valence-electron chi connectivity index (χ4n) is 3.97. The highest BCUT2D eigenvalue weighted by atomic mass is 32.2. The van der Waals surface area contributed by atoms with Gasteiger partial charge in [-0.2, -0.15) is 17.4 Å². The van der Waals surface area contributed by atoms with Gasteiger partial charge in [0.05, 0.1) is 0 Å². The number of alkyl halides is 3. The van der Waals surface area contributed by atoms with Crippen LogP contribution in [0.4, 0.5) is 18.9 Å². The Morgan fingerprint density at radius 3 is 2.43 bits per heavy atom. The minimum Gasteiger partial charge on any atom is -0.406 e. The third-order valence-electron chi connectivity index (χ3n) is 5.58. The molecule has 1 aromatic carbocycles. The first-order chi connectivity index (χ1) is 14.1. The maximum Gasteiger partial charge on any atom is 0.573 e. The number of carbonyl (C=O) groups is 1. The van der Waals surface area contributed by atoms with Gasteiger partial charge in [-0.3, -0.25) is 4.79 Å². The van der Waals surface area contributed by atoms with Crippen molar-refractivity contribution in [3.63, 3.8) is 0 Å². The van der Waals surface area contributed by atoms with E-state index in [-0.39, 0.29) is 24.7 Å². The molecule has 0 radical (unpaired) electrons. The highest BCUT2D eigenvalue weighted by molar-refractivity contribution is 7.87. The Kier molecular flexibility index (Phi) is 6.93. The Labute approximate surface area is 174 Å². The van der Waals surface area contributed by atoms with Crippen LogP contribution in [0.3, 0.4) is 0 Å². The van der Waals surface area contributed by atoms with Crippen molar-refractivity contribution in [2.45, 2.75) is 63.4 Å². The number of hydrogen-bond donors (Lipinski definition) is 1. The van der Waals surface area contributed by atoms with Gasteiger partial charge in [0.15, 0.2) is 0 Å². The number of rotatable bonds is 6. The van der Waals surface area contributed by atoms with Crippen LogP contribution in [0.5, 0.6) is 5.75 Å². The molecular formula is C19H26F3N3O4S. The summed E-state index contributed by atoms with van der Waals surface area (Å²) in [6.45, 7) is 0.189. The average Bonchev–Trinajstić information content (AvgIpc) is 2.85. The molecule has 1 saturated carbocycles. The Morgan fingerprint density at radius 2 is 1.80 bits per heavy atom. The second kappa shape index (κ2) is 9.11. The number of amides is 1. The summed E-state index contributed by atoms with van der Waals surface area (Å²) < 4.78 is 70.6. The van der Waals surface area contributed by atoms with E-state index in [1.807, 2.05) is 0 Å². The molecule has 1 unspecified atom stereocenters. The van der Waals surface area contributed by atoms with Crippen LogP contribution in [-0.2, 0) is 15.0 Å². The molecule has 0 spiro atoms. The monoisotopic (exact) mass is 449 g/mol. The van der Waals surface area contributed by atoms with Crippen LogP contribution in [0.2, 0.25) is 0 Å². The number of halogens is 3. The lowest BCUT2D eigenvalue weighted by Crippen LogP contribution is -2.50. The van der Waals surface area contributed by atoms with Crippen molar-refractivity contribution < 1.29 is 31.1 Å². The van der Waals surface area contributed by atoms with Crippen molar-refractivity contribution in [3.8, 4) is 5.75 Å². The first-order valence-corrected chi connectivity index (χ1v) is 11.4. The zero-order valence-corrected chi connectivity index (χ0v) is 17.5. The van der Waals surface area contributed by atoms with E-state index in [1.165, 1.54) is 28.4 Å². The number of carbonyl (C=O) groups excluding carboxylic acids is 1. The fourth-order valence-corrected chi connectivity index (χ4v) is 5.32. The summed E-state index contributed by atoms with van der Waals surface area (Å²) in [6, 6.07) is 4.01. The second-order valence-electron chi connectivity index (χ2n) is 7.66. The molecule has 30 heavy (non-hydrogen) atoms. The number of hydrogen-bond acceptors (Lipinski definition) is 4.